The van der Waals surface area contributed by atoms with Crippen LogP contribution in [0.25, 0.3) is 0 Å². The minimum Gasteiger partial charge on any atom is -0.349 e. The fourth-order valence-electron chi connectivity index (χ4n) is 2.72. The number of hydrogen-bond acceptors (Lipinski definition) is 3. The largest absolute Gasteiger partial charge is 0.349 e. The Morgan fingerprint density at radius 3 is 2.52 bits per heavy atom. The lowest BCUT2D eigenvalue weighted by Gasteiger charge is -2.20. The number of benzene rings is 1. The number of halogens is 1. The molecule has 1 aromatic rings. The van der Waals surface area contributed by atoms with E-state index in [1.807, 2.05) is 6.92 Å². The van der Waals surface area contributed by atoms with Gasteiger partial charge in [0.15, 0.2) is 0 Å². The summed E-state index contributed by atoms with van der Waals surface area (Å²) in [4.78, 5) is 12.2. The number of sulfonamides is 1. The Morgan fingerprint density at radius 2 is 1.95 bits per heavy atom. The maximum Gasteiger partial charge on any atom is 0.251 e. The molecule has 0 bridgehead atoms. The number of nitrogens with one attached hydrogen (secondary N) is 1. The van der Waals surface area contributed by atoms with E-state index >= 15 is 0 Å². The minimum atomic E-state index is -3.84. The van der Waals surface area contributed by atoms with Crippen LogP contribution < -0.4 is 10.5 Å². The molecule has 116 valence electrons. The summed E-state index contributed by atoms with van der Waals surface area (Å²) < 4.78 is 23.3. The van der Waals surface area contributed by atoms with Crippen LogP contribution in [0.3, 0.4) is 0 Å². The lowest BCUT2D eigenvalue weighted by Crippen LogP contribution is -2.37. The first-order valence-electron chi connectivity index (χ1n) is 6.91. The van der Waals surface area contributed by atoms with E-state index in [0.29, 0.717) is 16.0 Å². The van der Waals surface area contributed by atoms with E-state index < -0.39 is 10.0 Å². The van der Waals surface area contributed by atoms with Gasteiger partial charge in [-0.25, -0.2) is 13.6 Å². The summed E-state index contributed by atoms with van der Waals surface area (Å²) in [5.74, 6) is 0.222. The van der Waals surface area contributed by atoms with Gasteiger partial charge in [-0.05, 0) is 43.9 Å². The first kappa shape index (κ1) is 16.5. The number of nitrogens with two attached hydrogens (primary N) is 1. The Morgan fingerprint density at radius 1 is 1.33 bits per heavy atom. The average Bonchev–Trinajstić information content (AvgIpc) is 2.90. The SMILES string of the molecule is CC(NC(=O)c1cc(Br)cc(S(N)(=O)=O)c1)C1CCCC1. The first-order chi connectivity index (χ1) is 9.77. The molecule has 2 rings (SSSR count). The van der Waals surface area contributed by atoms with Crippen LogP contribution in [0.4, 0.5) is 0 Å². The standard InChI is InChI=1S/C14H19BrN2O3S/c1-9(10-4-2-3-5-10)17-14(18)11-6-12(15)8-13(7-11)21(16,19)20/h6-10H,2-5H2,1H3,(H,17,18)(H2,16,19,20). The van der Waals surface area contributed by atoms with Gasteiger partial charge >= 0.3 is 0 Å². The molecule has 1 aromatic carbocycles. The third-order valence-electron chi connectivity index (χ3n) is 3.93. The van der Waals surface area contributed by atoms with E-state index in [4.69, 9.17) is 5.14 Å². The molecule has 0 aliphatic heterocycles. The smallest absolute Gasteiger partial charge is 0.251 e. The summed E-state index contributed by atoms with van der Waals surface area (Å²) >= 11 is 3.21. The monoisotopic (exact) mass is 374 g/mol. The van der Waals surface area contributed by atoms with Crippen LogP contribution in [0, 0.1) is 5.92 Å². The number of hydrogen-bond donors (Lipinski definition) is 2. The second-order valence-corrected chi connectivity index (χ2v) is 8.00. The number of amides is 1. The molecule has 21 heavy (non-hydrogen) atoms. The Hall–Kier alpha value is -0.920. The zero-order valence-corrected chi connectivity index (χ0v) is 14.2. The van der Waals surface area contributed by atoms with Gasteiger partial charge in [-0.2, -0.15) is 0 Å². The van der Waals surface area contributed by atoms with Gasteiger partial charge in [0.1, 0.15) is 0 Å². The molecule has 1 saturated carbocycles. The number of rotatable bonds is 4. The van der Waals surface area contributed by atoms with Gasteiger partial charge in [0.25, 0.3) is 5.91 Å². The highest BCUT2D eigenvalue weighted by atomic mass is 79.9. The summed E-state index contributed by atoms with van der Waals surface area (Å²) in [5, 5.41) is 8.06. The van der Waals surface area contributed by atoms with Crippen LogP contribution in [-0.4, -0.2) is 20.4 Å². The maximum atomic E-state index is 12.3. The molecular formula is C14H19BrN2O3S. The summed E-state index contributed by atoms with van der Waals surface area (Å²) in [6.07, 6.45) is 4.67. The van der Waals surface area contributed by atoms with Gasteiger partial charge in [0.2, 0.25) is 10.0 Å². The highest BCUT2D eigenvalue weighted by Crippen LogP contribution is 2.27. The fourth-order valence-corrected chi connectivity index (χ4v) is 3.95. The third kappa shape index (κ3) is 4.28. The fraction of sp³-hybridized carbons (Fsp3) is 0.500. The zero-order chi connectivity index (χ0) is 15.6. The maximum absolute atomic E-state index is 12.3. The van der Waals surface area contributed by atoms with E-state index in [1.54, 1.807) is 6.07 Å². The molecule has 1 atom stereocenters. The molecule has 1 fully saturated rings. The van der Waals surface area contributed by atoms with Crippen molar-refractivity contribution < 1.29 is 13.2 Å². The van der Waals surface area contributed by atoms with E-state index in [9.17, 15) is 13.2 Å². The Balaban J connectivity index is 2.17. The lowest BCUT2D eigenvalue weighted by molar-refractivity contribution is 0.0927. The van der Waals surface area contributed by atoms with Gasteiger partial charge in [0.05, 0.1) is 4.90 Å². The summed E-state index contributed by atoms with van der Waals surface area (Å²) in [6.45, 7) is 1.99. The van der Waals surface area contributed by atoms with Gasteiger partial charge in [-0.1, -0.05) is 28.8 Å². The van der Waals surface area contributed by atoms with Crippen LogP contribution >= 0.6 is 15.9 Å². The van der Waals surface area contributed by atoms with Crippen molar-refractivity contribution in [2.24, 2.45) is 11.1 Å². The second-order valence-electron chi connectivity index (χ2n) is 5.53. The minimum absolute atomic E-state index is 0.0736. The lowest BCUT2D eigenvalue weighted by atomic mass is 9.99. The molecule has 0 saturated heterocycles. The van der Waals surface area contributed by atoms with Crippen molar-refractivity contribution >= 4 is 31.9 Å². The second kappa shape index (κ2) is 6.46. The summed E-state index contributed by atoms with van der Waals surface area (Å²) in [7, 11) is -3.84. The predicted molar refractivity (Wildman–Crippen MR) is 84.4 cm³/mol. The quantitative estimate of drug-likeness (QED) is 0.847. The van der Waals surface area contributed by atoms with Crippen LogP contribution in [0.2, 0.25) is 0 Å². The first-order valence-corrected chi connectivity index (χ1v) is 9.25. The van der Waals surface area contributed by atoms with Crippen LogP contribution in [-0.2, 0) is 10.0 Å². The summed E-state index contributed by atoms with van der Waals surface area (Å²) in [5.41, 5.74) is 0.290. The van der Waals surface area contributed by atoms with Crippen molar-refractivity contribution in [2.45, 2.75) is 43.5 Å². The third-order valence-corrected chi connectivity index (χ3v) is 5.28. The molecule has 0 spiro atoms. The number of primary sulfonamides is 1. The molecule has 5 nitrogen and oxygen atoms in total. The Bertz CT molecular complexity index is 640. The molecule has 0 radical (unpaired) electrons. The highest BCUT2D eigenvalue weighted by molar-refractivity contribution is 9.10. The highest BCUT2D eigenvalue weighted by Gasteiger charge is 2.23. The average molecular weight is 375 g/mol. The van der Waals surface area contributed by atoms with Gasteiger partial charge < -0.3 is 5.32 Å². The van der Waals surface area contributed by atoms with E-state index in [-0.39, 0.29) is 16.8 Å². The zero-order valence-electron chi connectivity index (χ0n) is 11.8. The van der Waals surface area contributed by atoms with Crippen molar-refractivity contribution in [2.75, 3.05) is 0 Å². The van der Waals surface area contributed by atoms with Gasteiger partial charge in [-0.3, -0.25) is 4.79 Å². The van der Waals surface area contributed by atoms with Gasteiger partial charge in [-0.15, -0.1) is 0 Å². The van der Waals surface area contributed by atoms with Crippen LogP contribution in [0.5, 0.6) is 0 Å². The van der Waals surface area contributed by atoms with Crippen molar-refractivity contribution in [1.29, 1.82) is 0 Å². The predicted octanol–water partition coefficient (Wildman–Crippen LogP) is 2.41. The summed E-state index contributed by atoms with van der Waals surface area (Å²) in [6, 6.07) is 4.35. The molecule has 1 amide bonds. The van der Waals surface area contributed by atoms with Gasteiger partial charge in [0, 0.05) is 16.1 Å². The number of carbonyl (C=O) groups excluding carboxylic acids is 1. The Labute approximate surface area is 133 Å². The molecular weight excluding hydrogens is 356 g/mol. The topological polar surface area (TPSA) is 89.3 Å². The van der Waals surface area contributed by atoms with E-state index in [1.165, 1.54) is 25.0 Å². The number of carbonyl (C=O) groups is 1. The van der Waals surface area contributed by atoms with Crippen molar-refractivity contribution in [3.63, 3.8) is 0 Å². The molecule has 3 N–H and O–H groups in total. The van der Waals surface area contributed by atoms with Crippen molar-refractivity contribution in [1.82, 2.24) is 5.32 Å². The normalized spacial score (nSPS) is 17.7. The van der Waals surface area contributed by atoms with E-state index in [2.05, 4.69) is 21.2 Å². The molecule has 0 aromatic heterocycles. The molecule has 7 heteroatoms. The van der Waals surface area contributed by atoms with Crippen LogP contribution in [0.15, 0.2) is 27.6 Å². The van der Waals surface area contributed by atoms with Crippen molar-refractivity contribution in [3.05, 3.63) is 28.2 Å². The van der Waals surface area contributed by atoms with E-state index in [0.717, 1.165) is 12.8 Å². The van der Waals surface area contributed by atoms with Crippen LogP contribution in [0.1, 0.15) is 43.0 Å². The molecule has 0 heterocycles. The molecule has 1 unspecified atom stereocenters. The molecule has 1 aliphatic carbocycles. The van der Waals surface area contributed by atoms with Crippen molar-refractivity contribution in [3.8, 4) is 0 Å². The molecule has 1 aliphatic rings. The Kier molecular flexibility index (Phi) is 5.06.